The molecule has 1 aromatic rings. The standard InChI is InChI=1S/C15H24N4O2/c1-11(2)8-12(15(20)21)18-13-9-14(17-10-16-13)19-6-4-3-5-7-19/h9-12H,3-8H2,1-2H3,(H,20,21)(H,16,17,18)/t12-/m1/s1. The molecule has 1 aliphatic heterocycles. The van der Waals surface area contributed by atoms with E-state index in [1.807, 2.05) is 19.9 Å². The Hall–Kier alpha value is -1.85. The van der Waals surface area contributed by atoms with Crippen molar-refractivity contribution in [3.05, 3.63) is 12.4 Å². The Kier molecular flexibility index (Phi) is 5.36. The van der Waals surface area contributed by atoms with Gasteiger partial charge in [0.05, 0.1) is 0 Å². The van der Waals surface area contributed by atoms with E-state index in [0.29, 0.717) is 18.2 Å². The van der Waals surface area contributed by atoms with Crippen LogP contribution in [0.5, 0.6) is 0 Å². The molecule has 1 fully saturated rings. The third-order valence-corrected chi connectivity index (χ3v) is 3.66. The molecule has 0 bridgehead atoms. The minimum Gasteiger partial charge on any atom is -0.480 e. The summed E-state index contributed by atoms with van der Waals surface area (Å²) in [5.74, 6) is 0.920. The maximum Gasteiger partial charge on any atom is 0.326 e. The summed E-state index contributed by atoms with van der Waals surface area (Å²) in [4.78, 5) is 22.0. The maximum absolute atomic E-state index is 11.3. The number of carboxylic acid groups (broad SMARTS) is 1. The summed E-state index contributed by atoms with van der Waals surface area (Å²) in [7, 11) is 0. The first kappa shape index (κ1) is 15.5. The minimum atomic E-state index is -0.846. The van der Waals surface area contributed by atoms with E-state index >= 15 is 0 Å². The van der Waals surface area contributed by atoms with E-state index in [1.54, 1.807) is 0 Å². The van der Waals surface area contributed by atoms with Crippen LogP contribution in [0.25, 0.3) is 0 Å². The number of anilines is 2. The number of nitrogens with one attached hydrogen (secondary N) is 1. The second kappa shape index (κ2) is 7.24. The van der Waals surface area contributed by atoms with Crippen LogP contribution in [0, 0.1) is 5.92 Å². The van der Waals surface area contributed by atoms with Gasteiger partial charge in [-0.1, -0.05) is 13.8 Å². The number of piperidine rings is 1. The van der Waals surface area contributed by atoms with Crippen molar-refractivity contribution >= 4 is 17.6 Å². The average molecular weight is 292 g/mol. The average Bonchev–Trinajstić information content (AvgIpc) is 2.47. The summed E-state index contributed by atoms with van der Waals surface area (Å²) in [6.45, 7) is 6.03. The smallest absolute Gasteiger partial charge is 0.326 e. The Morgan fingerprint density at radius 3 is 2.67 bits per heavy atom. The van der Waals surface area contributed by atoms with Gasteiger partial charge in [-0.25, -0.2) is 14.8 Å². The van der Waals surface area contributed by atoms with Gasteiger partial charge >= 0.3 is 5.97 Å². The van der Waals surface area contributed by atoms with Crippen LogP contribution in [0.15, 0.2) is 12.4 Å². The minimum absolute atomic E-state index is 0.307. The molecule has 21 heavy (non-hydrogen) atoms. The van der Waals surface area contributed by atoms with Crippen molar-refractivity contribution in [1.82, 2.24) is 9.97 Å². The number of nitrogens with zero attached hydrogens (tertiary/aromatic N) is 3. The molecule has 0 unspecified atom stereocenters. The molecule has 1 aromatic heterocycles. The van der Waals surface area contributed by atoms with E-state index in [9.17, 15) is 9.90 Å². The van der Waals surface area contributed by atoms with Crippen molar-refractivity contribution in [1.29, 1.82) is 0 Å². The van der Waals surface area contributed by atoms with E-state index in [0.717, 1.165) is 18.9 Å². The lowest BCUT2D eigenvalue weighted by molar-refractivity contribution is -0.138. The number of rotatable bonds is 6. The molecule has 2 heterocycles. The highest BCUT2D eigenvalue weighted by molar-refractivity contribution is 5.77. The first-order chi connectivity index (χ1) is 10.1. The molecule has 1 atom stereocenters. The molecule has 1 aliphatic rings. The van der Waals surface area contributed by atoms with Crippen molar-refractivity contribution in [3.63, 3.8) is 0 Å². The Bertz CT molecular complexity index is 472. The number of hydrogen-bond donors (Lipinski definition) is 2. The molecule has 116 valence electrons. The van der Waals surface area contributed by atoms with Gasteiger partial charge in [-0.15, -0.1) is 0 Å². The normalized spacial score (nSPS) is 16.8. The Morgan fingerprint density at radius 2 is 2.05 bits per heavy atom. The summed E-state index contributed by atoms with van der Waals surface area (Å²) < 4.78 is 0. The first-order valence-corrected chi connectivity index (χ1v) is 7.62. The van der Waals surface area contributed by atoms with E-state index in [-0.39, 0.29) is 0 Å². The maximum atomic E-state index is 11.3. The van der Waals surface area contributed by atoms with E-state index in [2.05, 4.69) is 20.2 Å². The number of hydrogen-bond acceptors (Lipinski definition) is 5. The third-order valence-electron chi connectivity index (χ3n) is 3.66. The van der Waals surface area contributed by atoms with E-state index < -0.39 is 12.0 Å². The van der Waals surface area contributed by atoms with E-state index in [1.165, 1.54) is 25.6 Å². The van der Waals surface area contributed by atoms with Gasteiger partial charge in [0.1, 0.15) is 24.0 Å². The number of aromatic nitrogens is 2. The molecule has 2 N–H and O–H groups in total. The van der Waals surface area contributed by atoms with Gasteiger partial charge in [-0.2, -0.15) is 0 Å². The quantitative estimate of drug-likeness (QED) is 0.838. The molecule has 2 rings (SSSR count). The van der Waals surface area contributed by atoms with Crippen LogP contribution in [-0.4, -0.2) is 40.2 Å². The highest BCUT2D eigenvalue weighted by Gasteiger charge is 2.20. The summed E-state index contributed by atoms with van der Waals surface area (Å²) in [5.41, 5.74) is 0. The van der Waals surface area contributed by atoms with Gasteiger partial charge in [-0.05, 0) is 31.6 Å². The summed E-state index contributed by atoms with van der Waals surface area (Å²) >= 11 is 0. The molecule has 6 heteroatoms. The molecule has 0 aliphatic carbocycles. The molecule has 0 saturated carbocycles. The molecular formula is C15H24N4O2. The van der Waals surface area contributed by atoms with Crippen LogP contribution in [-0.2, 0) is 4.79 Å². The fraction of sp³-hybridized carbons (Fsp3) is 0.667. The van der Waals surface area contributed by atoms with Gasteiger partial charge in [0, 0.05) is 19.2 Å². The summed E-state index contributed by atoms with van der Waals surface area (Å²) in [5, 5.41) is 12.3. The number of carboxylic acids is 1. The lowest BCUT2D eigenvalue weighted by atomic mass is 10.0. The predicted octanol–water partition coefficient (Wildman–Crippen LogP) is 2.38. The van der Waals surface area contributed by atoms with Crippen molar-refractivity contribution in [3.8, 4) is 0 Å². The number of aliphatic carboxylic acids is 1. The number of carbonyl (C=O) groups is 1. The van der Waals surface area contributed by atoms with Gasteiger partial charge < -0.3 is 15.3 Å². The molecular weight excluding hydrogens is 268 g/mol. The Labute approximate surface area is 125 Å². The summed E-state index contributed by atoms with van der Waals surface area (Å²) in [6, 6.07) is 1.23. The second-order valence-electron chi connectivity index (χ2n) is 5.97. The highest BCUT2D eigenvalue weighted by atomic mass is 16.4. The van der Waals surface area contributed by atoms with Crippen LogP contribution in [0.3, 0.4) is 0 Å². The first-order valence-electron chi connectivity index (χ1n) is 7.62. The fourth-order valence-corrected chi connectivity index (χ4v) is 2.59. The molecule has 1 saturated heterocycles. The molecule has 0 aromatic carbocycles. The highest BCUT2D eigenvalue weighted by Crippen LogP contribution is 2.20. The van der Waals surface area contributed by atoms with Crippen LogP contribution in [0.4, 0.5) is 11.6 Å². The molecule has 6 nitrogen and oxygen atoms in total. The van der Waals surface area contributed by atoms with Crippen LogP contribution >= 0.6 is 0 Å². The van der Waals surface area contributed by atoms with Crippen molar-refractivity contribution in [2.45, 2.75) is 45.6 Å². The van der Waals surface area contributed by atoms with Crippen molar-refractivity contribution in [2.24, 2.45) is 5.92 Å². The zero-order valence-electron chi connectivity index (χ0n) is 12.7. The van der Waals surface area contributed by atoms with Gasteiger partial charge in [0.25, 0.3) is 0 Å². The third kappa shape index (κ3) is 4.58. The lowest BCUT2D eigenvalue weighted by Crippen LogP contribution is -2.32. The SMILES string of the molecule is CC(C)C[C@@H](Nc1cc(N2CCCCC2)ncn1)C(=O)O. The van der Waals surface area contributed by atoms with Crippen LogP contribution < -0.4 is 10.2 Å². The van der Waals surface area contributed by atoms with Crippen molar-refractivity contribution in [2.75, 3.05) is 23.3 Å². The largest absolute Gasteiger partial charge is 0.480 e. The summed E-state index contributed by atoms with van der Waals surface area (Å²) in [6.07, 6.45) is 5.69. The molecule has 0 spiro atoms. The Morgan fingerprint density at radius 1 is 1.33 bits per heavy atom. The van der Waals surface area contributed by atoms with Crippen LogP contribution in [0.1, 0.15) is 39.5 Å². The Balaban J connectivity index is 2.07. The fourth-order valence-electron chi connectivity index (χ4n) is 2.59. The predicted molar refractivity (Wildman–Crippen MR) is 82.6 cm³/mol. The van der Waals surface area contributed by atoms with Gasteiger partial charge in [0.2, 0.25) is 0 Å². The van der Waals surface area contributed by atoms with Crippen LogP contribution in [0.2, 0.25) is 0 Å². The molecule has 0 amide bonds. The zero-order chi connectivity index (χ0) is 15.2. The topological polar surface area (TPSA) is 78.3 Å². The van der Waals surface area contributed by atoms with Gasteiger partial charge in [-0.3, -0.25) is 0 Å². The second-order valence-corrected chi connectivity index (χ2v) is 5.97. The van der Waals surface area contributed by atoms with Crippen molar-refractivity contribution < 1.29 is 9.90 Å². The zero-order valence-corrected chi connectivity index (χ0v) is 12.7. The molecule has 0 radical (unpaired) electrons. The monoisotopic (exact) mass is 292 g/mol. The van der Waals surface area contributed by atoms with Gasteiger partial charge in [0.15, 0.2) is 0 Å². The van der Waals surface area contributed by atoms with E-state index in [4.69, 9.17) is 0 Å². The lowest BCUT2D eigenvalue weighted by Gasteiger charge is -2.28.